The van der Waals surface area contributed by atoms with E-state index in [-0.39, 0.29) is 0 Å². The molecule has 0 spiro atoms. The first kappa shape index (κ1) is 12.3. The second kappa shape index (κ2) is 4.80. The van der Waals surface area contributed by atoms with Crippen LogP contribution in [0.15, 0.2) is 18.2 Å². The van der Waals surface area contributed by atoms with Crippen molar-refractivity contribution in [3.63, 3.8) is 0 Å². The third kappa shape index (κ3) is 2.82. The fourth-order valence-electron chi connectivity index (χ4n) is 1.96. The molecule has 15 heavy (non-hydrogen) atoms. The zero-order valence-corrected chi connectivity index (χ0v) is 10.3. The Hall–Kier alpha value is -0.820. The summed E-state index contributed by atoms with van der Waals surface area (Å²) in [5.41, 5.74) is 3.35. The van der Waals surface area contributed by atoms with E-state index in [9.17, 15) is 5.11 Å². The van der Waals surface area contributed by atoms with Crippen molar-refractivity contribution < 1.29 is 5.11 Å². The summed E-state index contributed by atoms with van der Waals surface area (Å²) >= 11 is 0. The van der Waals surface area contributed by atoms with Crippen molar-refractivity contribution in [2.24, 2.45) is 0 Å². The van der Waals surface area contributed by atoms with Gasteiger partial charge in [-0.3, -0.25) is 0 Å². The van der Waals surface area contributed by atoms with Crippen LogP contribution in [0.25, 0.3) is 0 Å². The van der Waals surface area contributed by atoms with Gasteiger partial charge >= 0.3 is 0 Å². The Morgan fingerprint density at radius 2 is 1.53 bits per heavy atom. The topological polar surface area (TPSA) is 20.2 Å². The maximum atomic E-state index is 10.3. The standard InChI is InChI=1S/C14H22O/c1-5-14(15,6-2)10-13-11(3)8-7-9-12(13)4/h7-9,15H,5-6,10H2,1-4H3. The predicted molar refractivity (Wildman–Crippen MR) is 65.2 cm³/mol. The van der Waals surface area contributed by atoms with Crippen LogP contribution in [0.1, 0.15) is 43.4 Å². The molecule has 0 amide bonds. The highest BCUT2D eigenvalue weighted by Crippen LogP contribution is 2.24. The van der Waals surface area contributed by atoms with Gasteiger partial charge in [0.15, 0.2) is 0 Å². The van der Waals surface area contributed by atoms with Gasteiger partial charge in [-0.1, -0.05) is 32.0 Å². The monoisotopic (exact) mass is 206 g/mol. The molecule has 0 aliphatic heterocycles. The van der Waals surface area contributed by atoms with E-state index in [4.69, 9.17) is 0 Å². The molecule has 0 unspecified atom stereocenters. The predicted octanol–water partition coefficient (Wildman–Crippen LogP) is 3.40. The van der Waals surface area contributed by atoms with Crippen LogP contribution >= 0.6 is 0 Å². The molecule has 0 atom stereocenters. The highest BCUT2D eigenvalue weighted by Gasteiger charge is 2.23. The van der Waals surface area contributed by atoms with Crippen molar-refractivity contribution in [2.75, 3.05) is 0 Å². The largest absolute Gasteiger partial charge is 0.390 e. The van der Waals surface area contributed by atoms with Gasteiger partial charge in [0.25, 0.3) is 0 Å². The Labute approximate surface area is 93.1 Å². The number of hydrogen-bond acceptors (Lipinski definition) is 1. The summed E-state index contributed by atoms with van der Waals surface area (Å²) in [6.45, 7) is 8.34. The number of rotatable bonds is 4. The molecule has 0 heterocycles. The molecule has 0 aromatic heterocycles. The normalized spacial score (nSPS) is 11.8. The van der Waals surface area contributed by atoms with Crippen LogP contribution < -0.4 is 0 Å². The zero-order chi connectivity index (χ0) is 11.5. The summed E-state index contributed by atoms with van der Waals surface area (Å²) in [5, 5.41) is 10.3. The molecule has 0 saturated heterocycles. The average molecular weight is 206 g/mol. The maximum Gasteiger partial charge on any atom is 0.0682 e. The van der Waals surface area contributed by atoms with E-state index in [2.05, 4.69) is 45.9 Å². The molecule has 1 heteroatoms. The molecular weight excluding hydrogens is 184 g/mol. The quantitative estimate of drug-likeness (QED) is 0.800. The number of hydrogen-bond donors (Lipinski definition) is 1. The van der Waals surface area contributed by atoms with Crippen LogP contribution in [-0.2, 0) is 6.42 Å². The van der Waals surface area contributed by atoms with Gasteiger partial charge in [0.1, 0.15) is 0 Å². The molecule has 0 aliphatic rings. The summed E-state index contributed by atoms with van der Waals surface area (Å²) < 4.78 is 0. The van der Waals surface area contributed by atoms with Crippen molar-refractivity contribution in [2.45, 2.75) is 52.6 Å². The van der Waals surface area contributed by atoms with Crippen molar-refractivity contribution in [3.8, 4) is 0 Å². The van der Waals surface area contributed by atoms with Crippen LogP contribution in [0, 0.1) is 13.8 Å². The lowest BCUT2D eigenvalue weighted by atomic mass is 9.86. The molecular formula is C14H22O. The Balaban J connectivity index is 2.98. The highest BCUT2D eigenvalue weighted by molar-refractivity contribution is 5.34. The summed E-state index contributed by atoms with van der Waals surface area (Å²) in [4.78, 5) is 0. The van der Waals surface area contributed by atoms with E-state index in [1.54, 1.807) is 0 Å². The fraction of sp³-hybridized carbons (Fsp3) is 0.571. The molecule has 0 aliphatic carbocycles. The van der Waals surface area contributed by atoms with Gasteiger partial charge in [-0.15, -0.1) is 0 Å². The number of aliphatic hydroxyl groups is 1. The fourth-order valence-corrected chi connectivity index (χ4v) is 1.96. The van der Waals surface area contributed by atoms with Crippen LogP contribution in [0.4, 0.5) is 0 Å². The van der Waals surface area contributed by atoms with Gasteiger partial charge in [0.2, 0.25) is 0 Å². The van der Waals surface area contributed by atoms with Gasteiger partial charge in [-0.2, -0.15) is 0 Å². The minimum Gasteiger partial charge on any atom is -0.390 e. The van der Waals surface area contributed by atoms with Crippen LogP contribution in [0.2, 0.25) is 0 Å². The summed E-state index contributed by atoms with van der Waals surface area (Å²) in [6, 6.07) is 6.31. The minimum absolute atomic E-state index is 0.531. The SMILES string of the molecule is CCC(O)(CC)Cc1c(C)cccc1C. The van der Waals surface area contributed by atoms with Crippen LogP contribution in [-0.4, -0.2) is 10.7 Å². The lowest BCUT2D eigenvalue weighted by Crippen LogP contribution is -2.30. The molecule has 1 rings (SSSR count). The zero-order valence-electron chi connectivity index (χ0n) is 10.3. The van der Waals surface area contributed by atoms with Gasteiger partial charge in [-0.05, 0) is 43.4 Å². The number of benzene rings is 1. The van der Waals surface area contributed by atoms with Crippen LogP contribution in [0.5, 0.6) is 0 Å². The highest BCUT2D eigenvalue weighted by atomic mass is 16.3. The second-order valence-corrected chi connectivity index (χ2v) is 4.48. The van der Waals surface area contributed by atoms with Crippen molar-refractivity contribution in [1.29, 1.82) is 0 Å². The first-order chi connectivity index (χ1) is 7.02. The van der Waals surface area contributed by atoms with Crippen molar-refractivity contribution >= 4 is 0 Å². The minimum atomic E-state index is -0.531. The van der Waals surface area contributed by atoms with Gasteiger partial charge < -0.3 is 5.11 Å². The Morgan fingerprint density at radius 3 is 1.93 bits per heavy atom. The van der Waals surface area contributed by atoms with Gasteiger partial charge in [-0.25, -0.2) is 0 Å². The molecule has 0 radical (unpaired) electrons. The summed E-state index contributed by atoms with van der Waals surface area (Å²) in [7, 11) is 0. The van der Waals surface area contributed by atoms with E-state index in [1.807, 2.05) is 0 Å². The Morgan fingerprint density at radius 1 is 1.07 bits per heavy atom. The molecule has 0 saturated carbocycles. The van der Waals surface area contributed by atoms with Gasteiger partial charge in [0, 0.05) is 6.42 Å². The molecule has 1 nitrogen and oxygen atoms in total. The summed E-state index contributed by atoms with van der Waals surface area (Å²) in [5.74, 6) is 0. The Kier molecular flexibility index (Phi) is 3.92. The van der Waals surface area contributed by atoms with Crippen LogP contribution in [0.3, 0.4) is 0 Å². The third-order valence-electron chi connectivity index (χ3n) is 3.47. The van der Waals surface area contributed by atoms with E-state index in [0.29, 0.717) is 0 Å². The van der Waals surface area contributed by atoms with E-state index >= 15 is 0 Å². The lowest BCUT2D eigenvalue weighted by molar-refractivity contribution is 0.0324. The average Bonchev–Trinajstić information content (AvgIpc) is 2.23. The molecule has 0 fully saturated rings. The first-order valence-electron chi connectivity index (χ1n) is 5.80. The van der Waals surface area contributed by atoms with E-state index < -0.39 is 5.60 Å². The molecule has 1 aromatic rings. The van der Waals surface area contributed by atoms with Crippen molar-refractivity contribution in [3.05, 3.63) is 34.9 Å². The maximum absolute atomic E-state index is 10.3. The lowest BCUT2D eigenvalue weighted by Gasteiger charge is -2.27. The molecule has 1 N–H and O–H groups in total. The molecule has 0 bridgehead atoms. The second-order valence-electron chi connectivity index (χ2n) is 4.48. The first-order valence-corrected chi connectivity index (χ1v) is 5.80. The number of aryl methyl sites for hydroxylation is 2. The summed E-state index contributed by atoms with van der Waals surface area (Å²) in [6.07, 6.45) is 2.41. The Bertz CT molecular complexity index is 304. The van der Waals surface area contributed by atoms with Crippen molar-refractivity contribution in [1.82, 2.24) is 0 Å². The third-order valence-corrected chi connectivity index (χ3v) is 3.47. The smallest absolute Gasteiger partial charge is 0.0682 e. The molecule has 84 valence electrons. The van der Waals surface area contributed by atoms with E-state index in [1.165, 1.54) is 16.7 Å². The van der Waals surface area contributed by atoms with Gasteiger partial charge in [0.05, 0.1) is 5.60 Å². The van der Waals surface area contributed by atoms with E-state index in [0.717, 1.165) is 19.3 Å². The molecule has 1 aromatic carbocycles.